The third-order valence-electron chi connectivity index (χ3n) is 3.63. The third-order valence-corrected chi connectivity index (χ3v) is 4.71. The zero-order chi connectivity index (χ0) is 14.1. The van der Waals surface area contributed by atoms with Gasteiger partial charge in [-0.3, -0.25) is 4.79 Å². The third kappa shape index (κ3) is 2.51. The van der Waals surface area contributed by atoms with Crippen molar-refractivity contribution < 1.29 is 9.90 Å². The van der Waals surface area contributed by atoms with Crippen LogP contribution in [0.15, 0.2) is 35.8 Å². The molecular weight excluding hydrogens is 296 g/mol. The minimum Gasteiger partial charge on any atom is -0.481 e. The van der Waals surface area contributed by atoms with Crippen molar-refractivity contribution in [3.8, 4) is 0 Å². The minimum absolute atomic E-state index is 0.0336. The molecule has 1 aromatic carbocycles. The largest absolute Gasteiger partial charge is 0.481 e. The first kappa shape index (κ1) is 13.4. The average Bonchev–Trinajstić information content (AvgIpc) is 3.08. The van der Waals surface area contributed by atoms with E-state index in [1.165, 1.54) is 11.3 Å². The lowest BCUT2D eigenvalue weighted by Crippen LogP contribution is -2.22. The number of aliphatic carboxylic acids is 1. The topological polar surface area (TPSA) is 53.4 Å². The number of aromatic nitrogens is 1. The molecule has 3 rings (SSSR count). The van der Waals surface area contributed by atoms with E-state index in [9.17, 15) is 9.90 Å². The molecular formula is C14H13ClN2O2S. The zero-order valence-corrected chi connectivity index (χ0v) is 12.1. The van der Waals surface area contributed by atoms with Crippen LogP contribution in [0.5, 0.6) is 0 Å². The first-order valence-corrected chi connectivity index (χ1v) is 7.53. The molecule has 2 atom stereocenters. The van der Waals surface area contributed by atoms with Crippen LogP contribution in [0, 0.1) is 5.92 Å². The molecule has 6 heteroatoms. The van der Waals surface area contributed by atoms with Crippen molar-refractivity contribution >= 4 is 34.0 Å². The van der Waals surface area contributed by atoms with Gasteiger partial charge in [-0.05, 0) is 17.7 Å². The number of rotatable bonds is 3. The Kier molecular flexibility index (Phi) is 3.63. The van der Waals surface area contributed by atoms with Gasteiger partial charge in [-0.2, -0.15) is 0 Å². The second-order valence-electron chi connectivity index (χ2n) is 4.82. The van der Waals surface area contributed by atoms with Crippen LogP contribution < -0.4 is 4.90 Å². The van der Waals surface area contributed by atoms with Crippen molar-refractivity contribution in [2.45, 2.75) is 5.92 Å². The quantitative estimate of drug-likeness (QED) is 0.946. The number of carboxylic acids is 1. The molecule has 20 heavy (non-hydrogen) atoms. The highest BCUT2D eigenvalue weighted by atomic mass is 35.5. The fraction of sp³-hybridized carbons (Fsp3) is 0.286. The highest BCUT2D eigenvalue weighted by molar-refractivity contribution is 7.13. The fourth-order valence-corrected chi connectivity index (χ4v) is 3.42. The molecule has 2 heterocycles. The number of hydrogen-bond donors (Lipinski definition) is 1. The van der Waals surface area contributed by atoms with E-state index in [1.807, 2.05) is 34.5 Å². The number of nitrogens with zero attached hydrogens (tertiary/aromatic N) is 2. The highest BCUT2D eigenvalue weighted by Crippen LogP contribution is 2.36. The molecule has 1 saturated heterocycles. The molecule has 0 amide bonds. The monoisotopic (exact) mass is 308 g/mol. The van der Waals surface area contributed by atoms with Gasteiger partial charge in [0.2, 0.25) is 0 Å². The number of benzene rings is 1. The maximum absolute atomic E-state index is 11.5. The Morgan fingerprint density at radius 1 is 1.35 bits per heavy atom. The molecule has 0 aliphatic carbocycles. The summed E-state index contributed by atoms with van der Waals surface area (Å²) in [4.78, 5) is 17.8. The van der Waals surface area contributed by atoms with Gasteiger partial charge in [0, 0.05) is 35.6 Å². The summed E-state index contributed by atoms with van der Waals surface area (Å²) < 4.78 is 0. The molecule has 0 radical (unpaired) electrons. The van der Waals surface area contributed by atoms with Gasteiger partial charge in [-0.25, -0.2) is 4.98 Å². The van der Waals surface area contributed by atoms with Crippen molar-refractivity contribution in [2.75, 3.05) is 18.0 Å². The number of thiazole rings is 1. The summed E-state index contributed by atoms with van der Waals surface area (Å²) in [6, 6.07) is 7.44. The van der Waals surface area contributed by atoms with Crippen molar-refractivity contribution in [3.63, 3.8) is 0 Å². The normalized spacial score (nSPS) is 22.1. The van der Waals surface area contributed by atoms with E-state index in [-0.39, 0.29) is 5.92 Å². The molecule has 1 N–H and O–H groups in total. The fourth-order valence-electron chi connectivity index (χ4n) is 2.63. The smallest absolute Gasteiger partial charge is 0.308 e. The summed E-state index contributed by atoms with van der Waals surface area (Å²) in [6.45, 7) is 1.17. The van der Waals surface area contributed by atoms with Gasteiger partial charge < -0.3 is 10.0 Å². The van der Waals surface area contributed by atoms with Crippen molar-refractivity contribution in [1.29, 1.82) is 0 Å². The molecule has 2 aromatic rings. The summed E-state index contributed by atoms with van der Waals surface area (Å²) in [7, 11) is 0. The molecule has 1 aliphatic rings. The number of carbonyl (C=O) groups is 1. The number of hydrogen-bond acceptors (Lipinski definition) is 4. The van der Waals surface area contributed by atoms with E-state index >= 15 is 0 Å². The van der Waals surface area contributed by atoms with Crippen LogP contribution in [0.2, 0.25) is 5.02 Å². The van der Waals surface area contributed by atoms with Crippen molar-refractivity contribution in [3.05, 3.63) is 46.4 Å². The second-order valence-corrected chi connectivity index (χ2v) is 6.13. The lowest BCUT2D eigenvalue weighted by atomic mass is 9.89. The summed E-state index contributed by atoms with van der Waals surface area (Å²) in [5.74, 6) is -1.21. The number of carboxylic acid groups (broad SMARTS) is 1. The highest BCUT2D eigenvalue weighted by Gasteiger charge is 2.39. The maximum Gasteiger partial charge on any atom is 0.308 e. The lowest BCUT2D eigenvalue weighted by Gasteiger charge is -2.15. The number of halogens is 1. The van der Waals surface area contributed by atoms with E-state index in [4.69, 9.17) is 11.6 Å². The van der Waals surface area contributed by atoms with Crippen molar-refractivity contribution in [1.82, 2.24) is 4.98 Å². The summed E-state index contributed by atoms with van der Waals surface area (Å²) in [5, 5.41) is 12.9. The standard InChI is InChI=1S/C14H13ClN2O2S/c15-10-3-1-9(2-4-10)11-7-17(8-12(11)13(18)19)14-16-5-6-20-14/h1-6,11-12H,7-8H2,(H,18,19). The molecule has 4 nitrogen and oxygen atoms in total. The number of anilines is 1. The van der Waals surface area contributed by atoms with Gasteiger partial charge in [0.1, 0.15) is 0 Å². The predicted molar refractivity (Wildman–Crippen MR) is 79.6 cm³/mol. The average molecular weight is 309 g/mol. The van der Waals surface area contributed by atoms with Crippen molar-refractivity contribution in [2.24, 2.45) is 5.92 Å². The van der Waals surface area contributed by atoms with Crippen LogP contribution in [-0.4, -0.2) is 29.1 Å². The lowest BCUT2D eigenvalue weighted by molar-refractivity contribution is -0.141. The first-order valence-electron chi connectivity index (χ1n) is 6.28. The molecule has 1 aliphatic heterocycles. The summed E-state index contributed by atoms with van der Waals surface area (Å²) in [6.07, 6.45) is 1.74. The second kappa shape index (κ2) is 5.42. The Morgan fingerprint density at radius 2 is 2.10 bits per heavy atom. The molecule has 2 unspecified atom stereocenters. The van der Waals surface area contributed by atoms with Crippen LogP contribution in [0.3, 0.4) is 0 Å². The van der Waals surface area contributed by atoms with E-state index in [2.05, 4.69) is 4.98 Å². The van der Waals surface area contributed by atoms with Crippen LogP contribution in [0.1, 0.15) is 11.5 Å². The first-order chi connectivity index (χ1) is 9.65. The van der Waals surface area contributed by atoms with E-state index < -0.39 is 11.9 Å². The van der Waals surface area contributed by atoms with E-state index in [1.54, 1.807) is 6.20 Å². The van der Waals surface area contributed by atoms with Crippen LogP contribution in [-0.2, 0) is 4.79 Å². The molecule has 1 fully saturated rings. The Hall–Kier alpha value is -1.59. The van der Waals surface area contributed by atoms with E-state index in [0.717, 1.165) is 10.7 Å². The summed E-state index contributed by atoms with van der Waals surface area (Å²) >= 11 is 7.43. The van der Waals surface area contributed by atoms with Gasteiger partial charge >= 0.3 is 5.97 Å². The minimum atomic E-state index is -0.760. The molecule has 1 aromatic heterocycles. The Bertz CT molecular complexity index is 600. The maximum atomic E-state index is 11.5. The zero-order valence-electron chi connectivity index (χ0n) is 10.6. The van der Waals surface area contributed by atoms with Gasteiger partial charge in [0.05, 0.1) is 5.92 Å². The molecule has 0 spiro atoms. The Labute approximate surface area is 125 Å². The molecule has 0 bridgehead atoms. The molecule has 0 saturated carbocycles. The van der Waals surface area contributed by atoms with Gasteiger partial charge in [0.15, 0.2) is 5.13 Å². The SMILES string of the molecule is O=C(O)C1CN(c2nccs2)CC1c1ccc(Cl)cc1. The van der Waals surface area contributed by atoms with Crippen LogP contribution >= 0.6 is 22.9 Å². The predicted octanol–water partition coefficient (Wildman–Crippen LogP) is 3.10. The van der Waals surface area contributed by atoms with Gasteiger partial charge in [-0.15, -0.1) is 11.3 Å². The van der Waals surface area contributed by atoms with Gasteiger partial charge in [-0.1, -0.05) is 23.7 Å². The van der Waals surface area contributed by atoms with E-state index in [0.29, 0.717) is 18.1 Å². The van der Waals surface area contributed by atoms with Gasteiger partial charge in [0.25, 0.3) is 0 Å². The van der Waals surface area contributed by atoms with Crippen LogP contribution in [0.4, 0.5) is 5.13 Å². The molecule has 104 valence electrons. The Morgan fingerprint density at radius 3 is 2.70 bits per heavy atom. The Balaban J connectivity index is 1.88. The summed E-state index contributed by atoms with van der Waals surface area (Å²) in [5.41, 5.74) is 1.01. The van der Waals surface area contributed by atoms with Crippen LogP contribution in [0.25, 0.3) is 0 Å².